The Morgan fingerprint density at radius 1 is 1.33 bits per heavy atom. The maximum absolute atomic E-state index is 14.3. The SMILES string of the molecule is CC(C)(C)OC(=O)N1CCC(Oc2ccc([N+](=O)[O-])cc2)CC1F. The lowest BCUT2D eigenvalue weighted by Crippen LogP contribution is -2.48. The fraction of sp³-hybridized carbons (Fsp3) is 0.562. The van der Waals surface area contributed by atoms with Gasteiger partial charge in [0.15, 0.2) is 6.30 Å². The third-order valence-electron chi connectivity index (χ3n) is 3.47. The van der Waals surface area contributed by atoms with Gasteiger partial charge in [0.2, 0.25) is 0 Å². The molecule has 0 N–H and O–H groups in total. The molecule has 1 aliphatic heterocycles. The number of halogens is 1. The van der Waals surface area contributed by atoms with E-state index in [1.54, 1.807) is 20.8 Å². The van der Waals surface area contributed by atoms with Crippen LogP contribution in [0.5, 0.6) is 5.75 Å². The predicted molar refractivity (Wildman–Crippen MR) is 84.6 cm³/mol. The fourth-order valence-corrected chi connectivity index (χ4v) is 2.36. The van der Waals surface area contributed by atoms with Gasteiger partial charge in [0, 0.05) is 31.5 Å². The Bertz CT molecular complexity index is 599. The molecule has 132 valence electrons. The van der Waals surface area contributed by atoms with Crippen LogP contribution in [0.4, 0.5) is 14.9 Å². The van der Waals surface area contributed by atoms with Crippen LogP contribution in [0.1, 0.15) is 33.6 Å². The molecule has 24 heavy (non-hydrogen) atoms. The summed E-state index contributed by atoms with van der Waals surface area (Å²) < 4.78 is 25.1. The van der Waals surface area contributed by atoms with Crippen molar-refractivity contribution in [3.05, 3.63) is 34.4 Å². The first-order valence-corrected chi connectivity index (χ1v) is 7.70. The lowest BCUT2D eigenvalue weighted by molar-refractivity contribution is -0.384. The Hall–Kier alpha value is -2.38. The molecule has 1 aliphatic rings. The minimum Gasteiger partial charge on any atom is -0.490 e. The molecule has 0 saturated carbocycles. The summed E-state index contributed by atoms with van der Waals surface area (Å²) in [6.07, 6.45) is -2.09. The van der Waals surface area contributed by atoms with Gasteiger partial charge in [-0.2, -0.15) is 0 Å². The van der Waals surface area contributed by atoms with Crippen LogP contribution in [0.25, 0.3) is 0 Å². The van der Waals surface area contributed by atoms with Crippen LogP contribution >= 0.6 is 0 Å². The maximum atomic E-state index is 14.3. The molecule has 0 spiro atoms. The number of hydrogen-bond donors (Lipinski definition) is 0. The molecule has 0 bridgehead atoms. The molecule has 2 rings (SSSR count). The van der Waals surface area contributed by atoms with Crippen molar-refractivity contribution in [1.82, 2.24) is 4.90 Å². The number of amides is 1. The number of alkyl halides is 1. The molecule has 8 heteroatoms. The minimum absolute atomic E-state index is 0.0240. The molecule has 1 aromatic rings. The normalized spacial score (nSPS) is 21.2. The van der Waals surface area contributed by atoms with Gasteiger partial charge in [-0.25, -0.2) is 9.18 Å². The van der Waals surface area contributed by atoms with Gasteiger partial charge in [0.1, 0.15) is 17.5 Å². The van der Waals surface area contributed by atoms with Gasteiger partial charge in [-0.3, -0.25) is 15.0 Å². The topological polar surface area (TPSA) is 81.9 Å². The zero-order valence-corrected chi connectivity index (χ0v) is 13.9. The van der Waals surface area contributed by atoms with Crippen LogP contribution in [0, 0.1) is 10.1 Å². The van der Waals surface area contributed by atoms with E-state index < -0.39 is 29.0 Å². The summed E-state index contributed by atoms with van der Waals surface area (Å²) in [6.45, 7) is 5.36. The van der Waals surface area contributed by atoms with E-state index in [2.05, 4.69) is 0 Å². The van der Waals surface area contributed by atoms with Crippen LogP contribution in [0.2, 0.25) is 0 Å². The van der Waals surface area contributed by atoms with Crippen molar-refractivity contribution in [2.75, 3.05) is 6.54 Å². The molecular weight excluding hydrogens is 319 g/mol. The molecule has 1 fully saturated rings. The van der Waals surface area contributed by atoms with Crippen molar-refractivity contribution in [2.24, 2.45) is 0 Å². The molecule has 1 amide bonds. The third-order valence-corrected chi connectivity index (χ3v) is 3.47. The summed E-state index contributed by atoms with van der Waals surface area (Å²) in [5, 5.41) is 10.6. The average Bonchev–Trinajstić information content (AvgIpc) is 2.46. The van der Waals surface area contributed by atoms with Gasteiger partial charge in [0.05, 0.1) is 4.92 Å². The second-order valence-corrected chi connectivity index (χ2v) is 6.62. The number of ether oxygens (including phenoxy) is 2. The van der Waals surface area contributed by atoms with E-state index in [1.807, 2.05) is 0 Å². The number of nitro benzene ring substituents is 1. The first kappa shape index (κ1) is 18.0. The zero-order valence-electron chi connectivity index (χ0n) is 13.9. The van der Waals surface area contributed by atoms with Crippen LogP contribution in [0.3, 0.4) is 0 Å². The minimum atomic E-state index is -1.49. The summed E-state index contributed by atoms with van der Waals surface area (Å²) in [4.78, 5) is 23.1. The van der Waals surface area contributed by atoms with Gasteiger partial charge in [-0.1, -0.05) is 0 Å². The number of nitro groups is 1. The summed E-state index contributed by atoms with van der Waals surface area (Å²) >= 11 is 0. The Balaban J connectivity index is 1.91. The highest BCUT2D eigenvalue weighted by molar-refractivity contribution is 5.68. The smallest absolute Gasteiger partial charge is 0.412 e. The van der Waals surface area contributed by atoms with Crippen molar-refractivity contribution >= 4 is 11.8 Å². The molecule has 0 radical (unpaired) electrons. The zero-order chi connectivity index (χ0) is 17.9. The highest BCUT2D eigenvalue weighted by Gasteiger charge is 2.35. The van der Waals surface area contributed by atoms with Crippen molar-refractivity contribution in [3.8, 4) is 5.75 Å². The molecule has 1 saturated heterocycles. The Morgan fingerprint density at radius 2 is 1.96 bits per heavy atom. The highest BCUT2D eigenvalue weighted by Crippen LogP contribution is 2.26. The summed E-state index contributed by atoms with van der Waals surface area (Å²) in [7, 11) is 0. The lowest BCUT2D eigenvalue weighted by atomic mass is 10.1. The van der Waals surface area contributed by atoms with Gasteiger partial charge in [-0.05, 0) is 32.9 Å². The number of nitrogens with zero attached hydrogens (tertiary/aromatic N) is 2. The van der Waals surface area contributed by atoms with Crippen LogP contribution in [-0.2, 0) is 4.74 Å². The number of rotatable bonds is 3. The summed E-state index contributed by atoms with van der Waals surface area (Å²) in [6, 6.07) is 5.62. The molecule has 2 unspecified atom stereocenters. The van der Waals surface area contributed by atoms with E-state index in [4.69, 9.17) is 9.47 Å². The number of carbonyl (C=O) groups is 1. The Morgan fingerprint density at radius 3 is 2.46 bits per heavy atom. The van der Waals surface area contributed by atoms with Crippen molar-refractivity contribution in [3.63, 3.8) is 0 Å². The number of carbonyl (C=O) groups excluding carboxylic acids is 1. The Labute approximate surface area is 139 Å². The second kappa shape index (κ2) is 7.02. The third kappa shape index (κ3) is 4.81. The molecule has 1 aromatic carbocycles. The van der Waals surface area contributed by atoms with Gasteiger partial charge in [-0.15, -0.1) is 0 Å². The number of likely N-dealkylation sites (tertiary alicyclic amines) is 1. The number of hydrogen-bond acceptors (Lipinski definition) is 5. The van der Waals surface area contributed by atoms with Crippen molar-refractivity contribution < 1.29 is 23.6 Å². The molecule has 2 atom stereocenters. The summed E-state index contributed by atoms with van der Waals surface area (Å²) in [5.74, 6) is 0.434. The van der Waals surface area contributed by atoms with E-state index in [1.165, 1.54) is 24.3 Å². The van der Waals surface area contributed by atoms with E-state index >= 15 is 0 Å². The van der Waals surface area contributed by atoms with Crippen molar-refractivity contribution in [1.29, 1.82) is 0 Å². The standard InChI is InChI=1S/C16H21FN2O5/c1-16(2,3)24-15(20)18-9-8-13(10-14(18)17)23-12-6-4-11(5-7-12)19(21)22/h4-7,13-14H,8-10H2,1-3H3. The van der Waals surface area contributed by atoms with E-state index in [0.717, 1.165) is 4.90 Å². The molecule has 1 heterocycles. The predicted octanol–water partition coefficient (Wildman–Crippen LogP) is 3.67. The van der Waals surface area contributed by atoms with Crippen molar-refractivity contribution in [2.45, 2.75) is 51.6 Å². The highest BCUT2D eigenvalue weighted by atomic mass is 19.1. The largest absolute Gasteiger partial charge is 0.490 e. The van der Waals surface area contributed by atoms with Gasteiger partial charge < -0.3 is 9.47 Å². The monoisotopic (exact) mass is 340 g/mol. The van der Waals surface area contributed by atoms with E-state index in [0.29, 0.717) is 12.2 Å². The fourth-order valence-electron chi connectivity index (χ4n) is 2.36. The first-order valence-electron chi connectivity index (χ1n) is 7.70. The van der Waals surface area contributed by atoms with Crippen LogP contribution in [0.15, 0.2) is 24.3 Å². The molecular formula is C16H21FN2O5. The maximum Gasteiger partial charge on any atom is 0.412 e. The van der Waals surface area contributed by atoms with E-state index in [9.17, 15) is 19.3 Å². The van der Waals surface area contributed by atoms with Crippen LogP contribution < -0.4 is 4.74 Å². The molecule has 7 nitrogen and oxygen atoms in total. The number of piperidine rings is 1. The molecule has 0 aromatic heterocycles. The van der Waals surface area contributed by atoms with Gasteiger partial charge >= 0.3 is 6.09 Å². The quantitative estimate of drug-likeness (QED) is 0.476. The lowest BCUT2D eigenvalue weighted by Gasteiger charge is -2.35. The molecule has 0 aliphatic carbocycles. The van der Waals surface area contributed by atoms with Gasteiger partial charge in [0.25, 0.3) is 5.69 Å². The average molecular weight is 340 g/mol. The summed E-state index contributed by atoms with van der Waals surface area (Å²) in [5.41, 5.74) is -0.714. The number of benzene rings is 1. The number of non-ortho nitro benzene ring substituents is 1. The Kier molecular flexibility index (Phi) is 5.26. The second-order valence-electron chi connectivity index (χ2n) is 6.62. The van der Waals surface area contributed by atoms with E-state index in [-0.39, 0.29) is 18.7 Å². The first-order chi connectivity index (χ1) is 11.2. The van der Waals surface area contributed by atoms with Crippen LogP contribution in [-0.4, -0.2) is 40.5 Å².